The zero-order valence-corrected chi connectivity index (χ0v) is 16.3. The van der Waals surface area contributed by atoms with E-state index in [9.17, 15) is 18.8 Å². The number of benzene rings is 2. The van der Waals surface area contributed by atoms with Crippen LogP contribution in [0.15, 0.2) is 58.4 Å². The topological polar surface area (TPSA) is 112 Å². The Hall–Kier alpha value is -4.26. The van der Waals surface area contributed by atoms with Gasteiger partial charge in [-0.2, -0.15) is 10.4 Å². The normalized spacial score (nSPS) is 10.8. The maximum Gasteiger partial charge on any atom is 0.272 e. The molecular weight excluding hydrogens is 408 g/mol. The second-order valence-electron chi connectivity index (χ2n) is 6.07. The molecule has 1 heterocycles. The molecule has 10 heteroatoms. The lowest BCUT2D eigenvalue weighted by atomic mass is 10.1. The zero-order valence-electron chi connectivity index (χ0n) is 16.3. The van der Waals surface area contributed by atoms with E-state index in [-0.39, 0.29) is 28.7 Å². The molecule has 0 unspecified atom stereocenters. The van der Waals surface area contributed by atoms with Crippen molar-refractivity contribution in [3.63, 3.8) is 0 Å². The largest absolute Gasteiger partial charge is 0.493 e. The van der Waals surface area contributed by atoms with E-state index in [4.69, 9.17) is 9.47 Å². The van der Waals surface area contributed by atoms with Crippen LogP contribution in [0, 0.1) is 11.3 Å². The number of anilines is 1. The van der Waals surface area contributed by atoms with Crippen molar-refractivity contribution in [1.82, 2.24) is 9.97 Å². The molecule has 0 aliphatic carbocycles. The monoisotopic (exact) mass is 425 g/mol. The summed E-state index contributed by atoms with van der Waals surface area (Å²) in [6.45, 7) is -0.806. The molecular formula is C21H17F2N5O3. The van der Waals surface area contributed by atoms with Crippen molar-refractivity contribution in [2.24, 2.45) is 5.10 Å². The highest BCUT2D eigenvalue weighted by Gasteiger charge is 2.14. The third kappa shape index (κ3) is 5.22. The van der Waals surface area contributed by atoms with Gasteiger partial charge in [0.05, 0.1) is 19.0 Å². The van der Waals surface area contributed by atoms with Gasteiger partial charge in [-0.1, -0.05) is 36.4 Å². The first-order valence-electron chi connectivity index (χ1n) is 9.00. The fraction of sp³-hybridized carbons (Fsp3) is 0.143. The molecule has 0 radical (unpaired) electrons. The van der Waals surface area contributed by atoms with Gasteiger partial charge in [-0.25, -0.2) is 19.2 Å². The van der Waals surface area contributed by atoms with Gasteiger partial charge in [0.2, 0.25) is 5.95 Å². The van der Waals surface area contributed by atoms with Gasteiger partial charge in [0.25, 0.3) is 12.0 Å². The Balaban J connectivity index is 1.89. The third-order valence-corrected chi connectivity index (χ3v) is 4.04. The Kier molecular flexibility index (Phi) is 6.90. The molecule has 0 saturated heterocycles. The second-order valence-corrected chi connectivity index (χ2v) is 6.07. The van der Waals surface area contributed by atoms with Crippen LogP contribution >= 0.6 is 0 Å². The van der Waals surface area contributed by atoms with Gasteiger partial charge in [-0.15, -0.1) is 0 Å². The molecule has 0 amide bonds. The van der Waals surface area contributed by atoms with E-state index < -0.39 is 18.6 Å². The van der Waals surface area contributed by atoms with Gasteiger partial charge in [0, 0.05) is 11.1 Å². The minimum absolute atomic E-state index is 0.00273. The summed E-state index contributed by atoms with van der Waals surface area (Å²) >= 11 is 0. The first kappa shape index (κ1) is 21.4. The van der Waals surface area contributed by atoms with Crippen LogP contribution in [0.5, 0.6) is 11.5 Å². The van der Waals surface area contributed by atoms with Crippen LogP contribution in [0.3, 0.4) is 0 Å². The molecule has 0 aliphatic rings. The molecule has 3 rings (SSSR count). The number of nitrogens with one attached hydrogen (secondary N) is 2. The molecule has 0 saturated carbocycles. The molecule has 2 aromatic carbocycles. The summed E-state index contributed by atoms with van der Waals surface area (Å²) < 4.78 is 35.4. The van der Waals surface area contributed by atoms with Crippen LogP contribution in [0.2, 0.25) is 0 Å². The molecule has 0 atom stereocenters. The summed E-state index contributed by atoms with van der Waals surface area (Å²) in [7, 11) is 1.39. The number of nitriles is 1. The van der Waals surface area contributed by atoms with Gasteiger partial charge in [0.1, 0.15) is 18.2 Å². The molecule has 1 aromatic heterocycles. The van der Waals surface area contributed by atoms with Crippen LogP contribution in [0.25, 0.3) is 11.3 Å². The highest BCUT2D eigenvalue weighted by Crippen LogP contribution is 2.30. The number of hydrogen-bond acceptors (Lipinski definition) is 7. The Morgan fingerprint density at radius 3 is 2.71 bits per heavy atom. The van der Waals surface area contributed by atoms with Crippen LogP contribution in [0.4, 0.5) is 14.7 Å². The fourth-order valence-electron chi connectivity index (χ4n) is 2.69. The van der Waals surface area contributed by atoms with E-state index in [1.165, 1.54) is 13.3 Å². The quantitative estimate of drug-likeness (QED) is 0.423. The number of para-hydroxylation sites is 1. The number of ether oxygens (including phenoxy) is 2. The number of hydrogen-bond donors (Lipinski definition) is 2. The Bertz CT molecular complexity index is 1170. The van der Waals surface area contributed by atoms with E-state index in [1.807, 2.05) is 6.07 Å². The van der Waals surface area contributed by atoms with Crippen LogP contribution in [-0.2, 0) is 0 Å². The lowest BCUT2D eigenvalue weighted by molar-refractivity contribution is 0.0804. The van der Waals surface area contributed by atoms with E-state index in [1.54, 1.807) is 48.5 Å². The van der Waals surface area contributed by atoms with Crippen LogP contribution < -0.4 is 20.5 Å². The number of methoxy groups -OCH3 is 1. The van der Waals surface area contributed by atoms with Gasteiger partial charge < -0.3 is 9.47 Å². The minimum Gasteiger partial charge on any atom is -0.493 e. The summed E-state index contributed by atoms with van der Waals surface area (Å²) in [4.78, 5) is 19.0. The number of halogens is 2. The number of aromatic nitrogens is 2. The predicted octanol–water partition coefficient (Wildman–Crippen LogP) is 3.41. The molecule has 31 heavy (non-hydrogen) atoms. The van der Waals surface area contributed by atoms with Gasteiger partial charge >= 0.3 is 0 Å². The van der Waals surface area contributed by atoms with Crippen molar-refractivity contribution in [3.05, 3.63) is 70.0 Å². The summed E-state index contributed by atoms with van der Waals surface area (Å²) in [5.41, 5.74) is 2.98. The van der Waals surface area contributed by atoms with E-state index in [2.05, 4.69) is 20.5 Å². The fourth-order valence-corrected chi connectivity index (χ4v) is 2.69. The number of hydrazone groups is 1. The summed E-state index contributed by atoms with van der Waals surface area (Å²) in [6.07, 6.45) is -1.35. The van der Waals surface area contributed by atoms with Crippen molar-refractivity contribution in [2.75, 3.05) is 19.1 Å². The summed E-state index contributed by atoms with van der Waals surface area (Å²) in [5, 5.41) is 13.3. The molecule has 0 spiro atoms. The highest BCUT2D eigenvalue weighted by atomic mass is 19.3. The first-order valence-corrected chi connectivity index (χ1v) is 9.00. The number of rotatable bonds is 8. The summed E-state index contributed by atoms with van der Waals surface area (Å²) in [5.74, 6) is 0.361. The standard InChI is InChI=1S/C21H17F2N5O3/c1-30-16-9-5-8-14(19(16)31-12-17(22)23)11-25-28-21-26-18(13-6-3-2-4-7-13)15(10-24)20(29)27-21/h2-9,11,17H,12H2,1H3,(H2,26,27,28,29). The van der Waals surface area contributed by atoms with Gasteiger partial charge in [0.15, 0.2) is 11.5 Å². The third-order valence-electron chi connectivity index (χ3n) is 4.04. The van der Waals surface area contributed by atoms with E-state index >= 15 is 0 Å². The maximum absolute atomic E-state index is 12.6. The summed E-state index contributed by atoms with van der Waals surface area (Å²) in [6, 6.07) is 15.4. The number of H-pyrrole nitrogens is 1. The van der Waals surface area contributed by atoms with Crippen molar-refractivity contribution < 1.29 is 18.3 Å². The van der Waals surface area contributed by atoms with E-state index in [0.717, 1.165) is 0 Å². The van der Waals surface area contributed by atoms with Crippen molar-refractivity contribution in [3.8, 4) is 28.8 Å². The van der Waals surface area contributed by atoms with Crippen molar-refractivity contribution in [1.29, 1.82) is 5.26 Å². The Morgan fingerprint density at radius 1 is 1.26 bits per heavy atom. The second kappa shape index (κ2) is 9.98. The van der Waals surface area contributed by atoms with Crippen LogP contribution in [0.1, 0.15) is 11.1 Å². The smallest absolute Gasteiger partial charge is 0.272 e. The molecule has 3 aromatic rings. The average Bonchev–Trinajstić information content (AvgIpc) is 2.78. The molecule has 0 aliphatic heterocycles. The molecule has 0 bridgehead atoms. The van der Waals surface area contributed by atoms with Gasteiger partial charge in [-0.3, -0.25) is 9.78 Å². The highest BCUT2D eigenvalue weighted by molar-refractivity contribution is 5.85. The van der Waals surface area contributed by atoms with Gasteiger partial charge in [-0.05, 0) is 12.1 Å². The molecule has 158 valence electrons. The lowest BCUT2D eigenvalue weighted by Gasteiger charge is -2.12. The number of aromatic amines is 1. The predicted molar refractivity (Wildman–Crippen MR) is 111 cm³/mol. The first-order chi connectivity index (χ1) is 15.0. The average molecular weight is 425 g/mol. The van der Waals surface area contributed by atoms with Crippen molar-refractivity contribution in [2.45, 2.75) is 6.43 Å². The van der Waals surface area contributed by atoms with Crippen LogP contribution in [-0.4, -0.2) is 36.3 Å². The Morgan fingerprint density at radius 2 is 2.03 bits per heavy atom. The zero-order chi connectivity index (χ0) is 22.2. The maximum atomic E-state index is 12.6. The molecule has 2 N–H and O–H groups in total. The molecule has 8 nitrogen and oxygen atoms in total. The molecule has 0 fully saturated rings. The SMILES string of the molecule is COc1cccc(C=NNc2nc(-c3ccccc3)c(C#N)c(=O)[nH]2)c1OCC(F)F. The number of alkyl halides is 2. The number of nitrogens with zero attached hydrogens (tertiary/aromatic N) is 3. The van der Waals surface area contributed by atoms with E-state index in [0.29, 0.717) is 11.1 Å². The minimum atomic E-state index is -2.66. The van der Waals surface area contributed by atoms with Crippen molar-refractivity contribution >= 4 is 12.2 Å². The lowest BCUT2D eigenvalue weighted by Crippen LogP contribution is -2.16. The Labute approximate surface area is 175 Å².